The molecule has 2 aliphatic heterocycles. The Bertz CT molecular complexity index is 411. The number of ether oxygens (including phenoxy) is 2. The average molecular weight is 233 g/mol. The molecule has 2 aliphatic rings. The van der Waals surface area contributed by atoms with Gasteiger partial charge in [0.25, 0.3) is 0 Å². The molecule has 0 aromatic heterocycles. The minimum Gasteiger partial charge on any atom is -0.487 e. The van der Waals surface area contributed by atoms with Crippen LogP contribution < -0.4 is 10.1 Å². The van der Waals surface area contributed by atoms with Gasteiger partial charge in [-0.15, -0.1) is 0 Å². The highest BCUT2D eigenvalue weighted by molar-refractivity contribution is 5.42. The Kier molecular flexibility index (Phi) is 2.81. The minimum absolute atomic E-state index is 0.0596. The van der Waals surface area contributed by atoms with Gasteiger partial charge in [0, 0.05) is 31.5 Å². The van der Waals surface area contributed by atoms with Crippen LogP contribution in [0.3, 0.4) is 0 Å². The van der Waals surface area contributed by atoms with Crippen LogP contribution in [0.1, 0.15) is 30.9 Å². The van der Waals surface area contributed by atoms with Crippen LogP contribution in [-0.2, 0) is 17.8 Å². The van der Waals surface area contributed by atoms with E-state index >= 15 is 0 Å². The van der Waals surface area contributed by atoms with Gasteiger partial charge in [0.2, 0.25) is 0 Å². The first-order valence-electron chi connectivity index (χ1n) is 6.35. The maximum Gasteiger partial charge on any atom is 0.124 e. The van der Waals surface area contributed by atoms with Crippen LogP contribution in [0, 0.1) is 0 Å². The fourth-order valence-electron chi connectivity index (χ4n) is 2.57. The molecule has 1 fully saturated rings. The van der Waals surface area contributed by atoms with E-state index in [4.69, 9.17) is 9.47 Å². The second-order valence-electron chi connectivity index (χ2n) is 5.16. The van der Waals surface area contributed by atoms with Crippen molar-refractivity contribution in [3.05, 3.63) is 29.3 Å². The highest BCUT2D eigenvalue weighted by Crippen LogP contribution is 2.32. The third-order valence-corrected chi connectivity index (χ3v) is 3.75. The lowest BCUT2D eigenvalue weighted by Gasteiger charge is -2.34. The van der Waals surface area contributed by atoms with Crippen molar-refractivity contribution in [3.8, 4) is 5.75 Å². The van der Waals surface area contributed by atoms with E-state index < -0.39 is 0 Å². The summed E-state index contributed by atoms with van der Waals surface area (Å²) in [5.41, 5.74) is 2.65. The van der Waals surface area contributed by atoms with Gasteiger partial charge in [0.05, 0.1) is 13.2 Å². The monoisotopic (exact) mass is 233 g/mol. The lowest BCUT2D eigenvalue weighted by molar-refractivity contribution is -0.0347. The molecule has 3 heteroatoms. The van der Waals surface area contributed by atoms with E-state index in [1.807, 2.05) is 0 Å². The van der Waals surface area contributed by atoms with Crippen LogP contribution in [0.25, 0.3) is 0 Å². The standard InChI is InChI=1S/C14H19NO2/c1-14(5-7-16-8-6-14)17-13-4-2-3-11-9-15-10-12(11)13/h2-4,15H,5-10H2,1H3. The number of hydrogen-bond donors (Lipinski definition) is 1. The molecule has 1 aromatic carbocycles. The normalized spacial score (nSPS) is 22.2. The number of benzene rings is 1. The highest BCUT2D eigenvalue weighted by atomic mass is 16.5. The predicted molar refractivity (Wildman–Crippen MR) is 66.1 cm³/mol. The van der Waals surface area contributed by atoms with E-state index in [1.54, 1.807) is 0 Å². The van der Waals surface area contributed by atoms with Crippen LogP contribution in [0.4, 0.5) is 0 Å². The molecule has 3 rings (SSSR count). The van der Waals surface area contributed by atoms with Crippen molar-refractivity contribution in [2.75, 3.05) is 13.2 Å². The lowest BCUT2D eigenvalue weighted by Crippen LogP contribution is -2.39. The lowest BCUT2D eigenvalue weighted by atomic mass is 9.96. The highest BCUT2D eigenvalue weighted by Gasteiger charge is 2.30. The maximum atomic E-state index is 6.27. The maximum absolute atomic E-state index is 6.27. The van der Waals surface area contributed by atoms with Crippen molar-refractivity contribution in [1.29, 1.82) is 0 Å². The van der Waals surface area contributed by atoms with Crippen LogP contribution >= 0.6 is 0 Å². The second kappa shape index (κ2) is 4.31. The summed E-state index contributed by atoms with van der Waals surface area (Å²) in [5, 5.41) is 3.37. The smallest absolute Gasteiger partial charge is 0.124 e. The first-order chi connectivity index (χ1) is 8.27. The van der Waals surface area contributed by atoms with Crippen LogP contribution in [-0.4, -0.2) is 18.8 Å². The Labute approximate surface area is 102 Å². The van der Waals surface area contributed by atoms with Gasteiger partial charge < -0.3 is 14.8 Å². The molecular weight excluding hydrogens is 214 g/mol. The molecule has 3 nitrogen and oxygen atoms in total. The zero-order valence-electron chi connectivity index (χ0n) is 10.3. The van der Waals surface area contributed by atoms with Crippen molar-refractivity contribution in [3.63, 3.8) is 0 Å². The van der Waals surface area contributed by atoms with Gasteiger partial charge in [-0.05, 0) is 18.6 Å². The van der Waals surface area contributed by atoms with E-state index in [-0.39, 0.29) is 5.60 Å². The van der Waals surface area contributed by atoms with E-state index in [1.165, 1.54) is 11.1 Å². The molecule has 0 unspecified atom stereocenters. The van der Waals surface area contributed by atoms with E-state index in [2.05, 4.69) is 30.4 Å². The summed E-state index contributed by atoms with van der Waals surface area (Å²) in [6, 6.07) is 6.35. The molecule has 17 heavy (non-hydrogen) atoms. The van der Waals surface area contributed by atoms with Gasteiger partial charge in [0.15, 0.2) is 0 Å². The first kappa shape index (κ1) is 11.1. The van der Waals surface area contributed by atoms with E-state index in [0.717, 1.165) is 44.9 Å². The molecule has 1 aromatic rings. The summed E-state index contributed by atoms with van der Waals surface area (Å²) in [4.78, 5) is 0. The van der Waals surface area contributed by atoms with Gasteiger partial charge >= 0.3 is 0 Å². The topological polar surface area (TPSA) is 30.5 Å². The fourth-order valence-corrected chi connectivity index (χ4v) is 2.57. The van der Waals surface area contributed by atoms with Crippen molar-refractivity contribution in [1.82, 2.24) is 5.32 Å². The molecular formula is C14H19NO2. The Balaban J connectivity index is 1.83. The SMILES string of the molecule is CC1(Oc2cccc3c2CNC3)CCOCC1. The molecule has 0 saturated carbocycles. The summed E-state index contributed by atoms with van der Waals surface area (Å²) in [7, 11) is 0. The molecule has 0 atom stereocenters. The van der Waals surface area contributed by atoms with Crippen LogP contribution in [0.5, 0.6) is 5.75 Å². The Hall–Kier alpha value is -1.06. The molecule has 2 heterocycles. The molecule has 0 amide bonds. The molecule has 0 aliphatic carbocycles. The van der Waals surface area contributed by atoms with Gasteiger partial charge in [-0.1, -0.05) is 12.1 Å². The largest absolute Gasteiger partial charge is 0.487 e. The summed E-state index contributed by atoms with van der Waals surface area (Å²) in [6.07, 6.45) is 1.95. The minimum atomic E-state index is -0.0596. The third kappa shape index (κ3) is 2.17. The van der Waals surface area contributed by atoms with Gasteiger partial charge in [-0.2, -0.15) is 0 Å². The number of hydrogen-bond acceptors (Lipinski definition) is 3. The van der Waals surface area contributed by atoms with E-state index in [9.17, 15) is 0 Å². The van der Waals surface area contributed by atoms with Gasteiger partial charge in [0.1, 0.15) is 11.4 Å². The summed E-state index contributed by atoms with van der Waals surface area (Å²) in [5.74, 6) is 1.05. The van der Waals surface area contributed by atoms with Crippen LogP contribution in [0.15, 0.2) is 18.2 Å². The molecule has 92 valence electrons. The third-order valence-electron chi connectivity index (χ3n) is 3.75. The summed E-state index contributed by atoms with van der Waals surface area (Å²) < 4.78 is 11.7. The predicted octanol–water partition coefficient (Wildman–Crippen LogP) is 2.24. The summed E-state index contributed by atoms with van der Waals surface area (Å²) in [6.45, 7) is 5.70. The molecule has 1 N–H and O–H groups in total. The fraction of sp³-hybridized carbons (Fsp3) is 0.571. The van der Waals surface area contributed by atoms with E-state index in [0.29, 0.717) is 0 Å². The molecule has 0 bridgehead atoms. The zero-order chi connectivity index (χ0) is 11.7. The molecule has 0 spiro atoms. The quantitative estimate of drug-likeness (QED) is 0.849. The first-order valence-corrected chi connectivity index (χ1v) is 6.35. The van der Waals surface area contributed by atoms with Crippen LogP contribution in [0.2, 0.25) is 0 Å². The van der Waals surface area contributed by atoms with Crippen molar-refractivity contribution < 1.29 is 9.47 Å². The average Bonchev–Trinajstić information content (AvgIpc) is 2.79. The van der Waals surface area contributed by atoms with Gasteiger partial charge in [-0.3, -0.25) is 0 Å². The Morgan fingerprint density at radius 2 is 2.06 bits per heavy atom. The van der Waals surface area contributed by atoms with Crippen molar-refractivity contribution >= 4 is 0 Å². The second-order valence-corrected chi connectivity index (χ2v) is 5.16. The number of rotatable bonds is 2. The zero-order valence-corrected chi connectivity index (χ0v) is 10.3. The summed E-state index contributed by atoms with van der Waals surface area (Å²) >= 11 is 0. The molecule has 1 saturated heterocycles. The van der Waals surface area contributed by atoms with Crippen molar-refractivity contribution in [2.24, 2.45) is 0 Å². The Morgan fingerprint density at radius 3 is 2.88 bits per heavy atom. The van der Waals surface area contributed by atoms with Gasteiger partial charge in [-0.25, -0.2) is 0 Å². The number of nitrogens with one attached hydrogen (secondary N) is 1. The number of fused-ring (bicyclic) bond motifs is 1. The van der Waals surface area contributed by atoms with Crippen molar-refractivity contribution in [2.45, 2.75) is 38.5 Å². The molecule has 0 radical (unpaired) electrons. The Morgan fingerprint density at radius 1 is 1.24 bits per heavy atom.